The van der Waals surface area contributed by atoms with Gasteiger partial charge in [-0.1, -0.05) is 6.07 Å². The van der Waals surface area contributed by atoms with Gasteiger partial charge in [-0.3, -0.25) is 0 Å². The molecule has 0 saturated carbocycles. The second-order valence-corrected chi connectivity index (χ2v) is 4.26. The van der Waals surface area contributed by atoms with Gasteiger partial charge in [0.1, 0.15) is 0 Å². The normalized spacial score (nSPS) is 10.1. The molecule has 2 aromatic heterocycles. The van der Waals surface area contributed by atoms with Gasteiger partial charge < -0.3 is 9.84 Å². The summed E-state index contributed by atoms with van der Waals surface area (Å²) in [7, 11) is 0. The Kier molecular flexibility index (Phi) is 3.66. The molecule has 0 aliphatic heterocycles. The lowest BCUT2D eigenvalue weighted by Gasteiger charge is -2.03. The maximum absolute atomic E-state index is 10.5. The van der Waals surface area contributed by atoms with Crippen molar-refractivity contribution in [1.29, 1.82) is 0 Å². The summed E-state index contributed by atoms with van der Waals surface area (Å²) in [4.78, 5) is 19.3. The fourth-order valence-corrected chi connectivity index (χ4v) is 1.90. The van der Waals surface area contributed by atoms with Crippen LogP contribution in [0.3, 0.4) is 0 Å². The van der Waals surface area contributed by atoms with Gasteiger partial charge in [0.2, 0.25) is 5.88 Å². The van der Waals surface area contributed by atoms with E-state index >= 15 is 0 Å². The van der Waals surface area contributed by atoms with Crippen molar-refractivity contribution in [1.82, 2.24) is 9.97 Å². The number of ether oxygens (including phenoxy) is 1. The summed E-state index contributed by atoms with van der Waals surface area (Å²) < 4.78 is 5.35. The number of hydrogen-bond donors (Lipinski definition) is 1. The van der Waals surface area contributed by atoms with E-state index in [1.807, 2.05) is 17.5 Å². The van der Waals surface area contributed by atoms with E-state index < -0.39 is 5.97 Å². The lowest BCUT2D eigenvalue weighted by molar-refractivity contribution is 0.0690. The average molecular weight is 250 g/mol. The third kappa shape index (κ3) is 3.25. The number of hydrogen-bond acceptors (Lipinski definition) is 5. The zero-order valence-corrected chi connectivity index (χ0v) is 9.68. The lowest BCUT2D eigenvalue weighted by Crippen LogP contribution is -2.05. The molecule has 0 radical (unpaired) electrons. The molecule has 1 N–H and O–H groups in total. The van der Waals surface area contributed by atoms with Crippen molar-refractivity contribution >= 4 is 17.3 Å². The van der Waals surface area contributed by atoms with Gasteiger partial charge in [-0.2, -0.15) is 0 Å². The van der Waals surface area contributed by atoms with Crippen LogP contribution in [0.25, 0.3) is 0 Å². The largest absolute Gasteiger partial charge is 0.476 e. The van der Waals surface area contributed by atoms with Gasteiger partial charge in [0.15, 0.2) is 5.69 Å². The Morgan fingerprint density at radius 3 is 2.88 bits per heavy atom. The molecular weight excluding hydrogens is 240 g/mol. The molecule has 0 bridgehead atoms. The van der Waals surface area contributed by atoms with Crippen molar-refractivity contribution in [2.45, 2.75) is 6.42 Å². The minimum atomic E-state index is -1.09. The van der Waals surface area contributed by atoms with Gasteiger partial charge >= 0.3 is 5.97 Å². The van der Waals surface area contributed by atoms with Crippen LogP contribution >= 0.6 is 11.3 Å². The molecule has 0 fully saturated rings. The van der Waals surface area contributed by atoms with Crippen LogP contribution in [0.2, 0.25) is 0 Å². The highest BCUT2D eigenvalue weighted by Crippen LogP contribution is 2.10. The number of rotatable bonds is 5. The summed E-state index contributed by atoms with van der Waals surface area (Å²) in [5.41, 5.74) is -0.0874. The summed E-state index contributed by atoms with van der Waals surface area (Å²) in [6.45, 7) is 0.502. The Hall–Kier alpha value is -1.95. The average Bonchev–Trinajstić information content (AvgIpc) is 2.83. The quantitative estimate of drug-likeness (QED) is 0.876. The number of carboxylic acids is 1. The van der Waals surface area contributed by atoms with Crippen molar-refractivity contribution in [3.8, 4) is 5.88 Å². The summed E-state index contributed by atoms with van der Waals surface area (Å²) in [5, 5.41) is 10.6. The molecule has 0 aliphatic rings. The maximum Gasteiger partial charge on any atom is 0.356 e. The first-order valence-electron chi connectivity index (χ1n) is 4.96. The topological polar surface area (TPSA) is 72.3 Å². The van der Waals surface area contributed by atoms with E-state index in [1.165, 1.54) is 17.3 Å². The summed E-state index contributed by atoms with van der Waals surface area (Å²) in [6, 6.07) is 4.02. The molecule has 0 saturated heterocycles. The summed E-state index contributed by atoms with van der Waals surface area (Å²) >= 11 is 1.67. The molecule has 17 heavy (non-hydrogen) atoms. The van der Waals surface area contributed by atoms with Crippen LogP contribution in [-0.4, -0.2) is 27.7 Å². The first-order chi connectivity index (χ1) is 8.25. The number of thiophene rings is 1. The first-order valence-corrected chi connectivity index (χ1v) is 5.84. The molecular formula is C11H10N2O3S. The summed E-state index contributed by atoms with van der Waals surface area (Å²) in [6.07, 6.45) is 3.31. The monoisotopic (exact) mass is 250 g/mol. The van der Waals surface area contributed by atoms with Crippen LogP contribution in [0.1, 0.15) is 15.4 Å². The molecule has 0 aliphatic carbocycles. The van der Waals surface area contributed by atoms with Gasteiger partial charge in [0, 0.05) is 11.3 Å². The number of aromatic nitrogens is 2. The van der Waals surface area contributed by atoms with Gasteiger partial charge in [-0.15, -0.1) is 11.3 Å². The standard InChI is InChI=1S/C11H10N2O3S/c14-11(15)9-6-13-10(7-12-9)16-4-3-8-2-1-5-17-8/h1-2,5-7H,3-4H2,(H,14,15). The van der Waals surface area contributed by atoms with Gasteiger partial charge in [-0.25, -0.2) is 14.8 Å². The molecule has 5 nitrogen and oxygen atoms in total. The predicted octanol–water partition coefficient (Wildman–Crippen LogP) is 1.86. The first kappa shape index (κ1) is 11.5. The van der Waals surface area contributed by atoms with E-state index in [2.05, 4.69) is 9.97 Å². The Morgan fingerprint density at radius 1 is 1.41 bits per heavy atom. The van der Waals surface area contributed by atoms with Crippen LogP contribution in [0.5, 0.6) is 5.88 Å². The molecule has 0 amide bonds. The van der Waals surface area contributed by atoms with Gasteiger partial charge in [0.05, 0.1) is 19.0 Å². The Morgan fingerprint density at radius 2 is 2.29 bits per heavy atom. The number of carboxylic acid groups (broad SMARTS) is 1. The number of aromatic carboxylic acids is 1. The fraction of sp³-hybridized carbons (Fsp3) is 0.182. The van der Waals surface area contributed by atoms with Crippen LogP contribution in [0.15, 0.2) is 29.9 Å². The van der Waals surface area contributed by atoms with Gasteiger partial charge in [-0.05, 0) is 11.4 Å². The minimum Gasteiger partial charge on any atom is -0.476 e. The lowest BCUT2D eigenvalue weighted by atomic mass is 10.4. The van der Waals surface area contributed by atoms with Crippen molar-refractivity contribution in [3.63, 3.8) is 0 Å². The molecule has 0 spiro atoms. The zero-order chi connectivity index (χ0) is 12.1. The molecule has 6 heteroatoms. The van der Waals surface area contributed by atoms with E-state index in [0.29, 0.717) is 12.5 Å². The van der Waals surface area contributed by atoms with E-state index in [0.717, 1.165) is 6.42 Å². The third-order valence-corrected chi connectivity index (χ3v) is 2.96. The molecule has 0 aromatic carbocycles. The number of nitrogens with zero attached hydrogens (tertiary/aromatic N) is 2. The SMILES string of the molecule is O=C(O)c1cnc(OCCc2cccs2)cn1. The molecule has 0 unspecified atom stereocenters. The molecule has 88 valence electrons. The zero-order valence-electron chi connectivity index (χ0n) is 8.87. The fourth-order valence-electron chi connectivity index (χ4n) is 1.21. The predicted molar refractivity (Wildman–Crippen MR) is 62.5 cm³/mol. The van der Waals surface area contributed by atoms with Crippen LogP contribution in [0.4, 0.5) is 0 Å². The van der Waals surface area contributed by atoms with Crippen LogP contribution in [0, 0.1) is 0 Å². The highest BCUT2D eigenvalue weighted by molar-refractivity contribution is 7.09. The van der Waals surface area contributed by atoms with E-state index in [-0.39, 0.29) is 5.69 Å². The Balaban J connectivity index is 1.85. The smallest absolute Gasteiger partial charge is 0.356 e. The van der Waals surface area contributed by atoms with E-state index in [1.54, 1.807) is 11.3 Å². The maximum atomic E-state index is 10.5. The second-order valence-electron chi connectivity index (χ2n) is 3.22. The van der Waals surface area contributed by atoms with Gasteiger partial charge in [0.25, 0.3) is 0 Å². The molecule has 2 aromatic rings. The van der Waals surface area contributed by atoms with Crippen molar-refractivity contribution in [2.75, 3.05) is 6.61 Å². The van der Waals surface area contributed by atoms with Crippen molar-refractivity contribution < 1.29 is 14.6 Å². The van der Waals surface area contributed by atoms with Crippen molar-refractivity contribution in [3.05, 3.63) is 40.5 Å². The number of carbonyl (C=O) groups is 1. The van der Waals surface area contributed by atoms with E-state index in [9.17, 15) is 4.79 Å². The summed E-state index contributed by atoms with van der Waals surface area (Å²) in [5.74, 6) is -0.755. The highest BCUT2D eigenvalue weighted by Gasteiger charge is 2.05. The second kappa shape index (κ2) is 5.40. The Bertz CT molecular complexity index is 482. The highest BCUT2D eigenvalue weighted by atomic mass is 32.1. The third-order valence-electron chi connectivity index (χ3n) is 2.03. The molecule has 0 atom stereocenters. The van der Waals surface area contributed by atoms with Crippen LogP contribution in [-0.2, 0) is 6.42 Å². The molecule has 2 heterocycles. The Labute approximate surface area is 102 Å². The van der Waals surface area contributed by atoms with Crippen LogP contribution < -0.4 is 4.74 Å². The molecule has 2 rings (SSSR count). The van der Waals surface area contributed by atoms with Crippen molar-refractivity contribution in [2.24, 2.45) is 0 Å². The minimum absolute atomic E-state index is 0.0874. The van der Waals surface area contributed by atoms with E-state index in [4.69, 9.17) is 9.84 Å².